The molecule has 0 fully saturated rings. The first-order chi connectivity index (χ1) is 5.66. The van der Waals surface area contributed by atoms with E-state index in [2.05, 4.69) is 0 Å². The highest BCUT2D eigenvalue weighted by Crippen LogP contribution is 2.36. The van der Waals surface area contributed by atoms with Gasteiger partial charge in [-0.15, -0.1) is 0 Å². The topological polar surface area (TPSA) is 57.5 Å². The SMILES string of the molecule is CCC(C)(C(=O)O)C(O)C(F)(F)F. The van der Waals surface area contributed by atoms with Crippen LogP contribution in [0.4, 0.5) is 13.2 Å². The third kappa shape index (κ3) is 2.33. The van der Waals surface area contributed by atoms with Crippen LogP contribution in [0.5, 0.6) is 0 Å². The number of halogens is 3. The molecule has 0 saturated heterocycles. The van der Waals surface area contributed by atoms with Gasteiger partial charge in [-0.2, -0.15) is 13.2 Å². The second-order valence-electron chi connectivity index (χ2n) is 3.02. The minimum atomic E-state index is -4.90. The fourth-order valence-corrected chi connectivity index (χ4v) is 0.823. The minimum Gasteiger partial charge on any atom is -0.481 e. The van der Waals surface area contributed by atoms with Crippen molar-refractivity contribution in [3.63, 3.8) is 0 Å². The number of aliphatic carboxylic acids is 1. The maximum absolute atomic E-state index is 12.0. The summed E-state index contributed by atoms with van der Waals surface area (Å²) in [6.07, 6.45) is -8.02. The lowest BCUT2D eigenvalue weighted by atomic mass is 9.81. The first-order valence-electron chi connectivity index (χ1n) is 3.64. The highest BCUT2D eigenvalue weighted by atomic mass is 19.4. The summed E-state index contributed by atoms with van der Waals surface area (Å²) in [5.74, 6) is -1.65. The molecule has 0 spiro atoms. The molecule has 0 aromatic rings. The zero-order valence-corrected chi connectivity index (χ0v) is 7.22. The minimum absolute atomic E-state index is 0.289. The standard InChI is InChI=1S/C7H11F3O3/c1-3-6(2,5(12)13)4(11)7(8,9)10/h4,11H,3H2,1-2H3,(H,12,13). The molecule has 0 aromatic heterocycles. The van der Waals surface area contributed by atoms with Gasteiger partial charge in [-0.05, 0) is 13.3 Å². The Labute approximate surface area is 73.2 Å². The molecule has 13 heavy (non-hydrogen) atoms. The largest absolute Gasteiger partial charge is 0.481 e. The molecule has 0 aliphatic carbocycles. The summed E-state index contributed by atoms with van der Waals surface area (Å²) in [5.41, 5.74) is -2.17. The van der Waals surface area contributed by atoms with Crippen molar-refractivity contribution >= 4 is 5.97 Å². The first kappa shape index (κ1) is 12.2. The zero-order chi connectivity index (χ0) is 10.9. The van der Waals surface area contributed by atoms with Crippen LogP contribution < -0.4 is 0 Å². The van der Waals surface area contributed by atoms with E-state index in [9.17, 15) is 18.0 Å². The monoisotopic (exact) mass is 200 g/mol. The third-order valence-corrected chi connectivity index (χ3v) is 2.14. The van der Waals surface area contributed by atoms with Gasteiger partial charge in [0, 0.05) is 0 Å². The predicted molar refractivity (Wildman–Crippen MR) is 38.1 cm³/mol. The Morgan fingerprint density at radius 2 is 1.85 bits per heavy atom. The normalized spacial score (nSPS) is 19.2. The van der Waals surface area contributed by atoms with Crippen LogP contribution in [0, 0.1) is 5.41 Å². The first-order valence-corrected chi connectivity index (χ1v) is 3.64. The Hall–Kier alpha value is -0.780. The maximum atomic E-state index is 12.0. The van der Waals surface area contributed by atoms with Crippen LogP contribution in [-0.4, -0.2) is 28.5 Å². The van der Waals surface area contributed by atoms with Gasteiger partial charge < -0.3 is 10.2 Å². The molecule has 0 amide bonds. The van der Waals surface area contributed by atoms with Crippen LogP contribution >= 0.6 is 0 Å². The van der Waals surface area contributed by atoms with Crippen LogP contribution in [-0.2, 0) is 4.79 Å². The summed E-state index contributed by atoms with van der Waals surface area (Å²) >= 11 is 0. The van der Waals surface area contributed by atoms with Crippen LogP contribution in [0.15, 0.2) is 0 Å². The van der Waals surface area contributed by atoms with Gasteiger partial charge in [0.15, 0.2) is 6.10 Å². The fourth-order valence-electron chi connectivity index (χ4n) is 0.823. The summed E-state index contributed by atoms with van der Waals surface area (Å²) in [7, 11) is 0. The van der Waals surface area contributed by atoms with Gasteiger partial charge >= 0.3 is 12.1 Å². The number of aliphatic hydroxyl groups is 1. The highest BCUT2D eigenvalue weighted by Gasteiger charge is 2.53. The smallest absolute Gasteiger partial charge is 0.415 e. The Morgan fingerprint density at radius 1 is 1.46 bits per heavy atom. The maximum Gasteiger partial charge on any atom is 0.415 e. The van der Waals surface area contributed by atoms with E-state index in [0.717, 1.165) is 6.92 Å². The molecule has 2 N–H and O–H groups in total. The Balaban J connectivity index is 4.88. The van der Waals surface area contributed by atoms with Crippen LogP contribution in [0.25, 0.3) is 0 Å². The van der Waals surface area contributed by atoms with Gasteiger partial charge in [-0.25, -0.2) is 0 Å². The molecule has 0 heterocycles. The molecule has 6 heteroatoms. The van der Waals surface area contributed by atoms with Gasteiger partial charge in [-0.1, -0.05) is 6.92 Å². The van der Waals surface area contributed by atoms with Crippen LogP contribution in [0.3, 0.4) is 0 Å². The summed E-state index contributed by atoms with van der Waals surface area (Å²) in [5, 5.41) is 17.3. The molecule has 3 nitrogen and oxygen atoms in total. The number of carboxylic acid groups (broad SMARTS) is 1. The molecule has 0 aromatic carbocycles. The van der Waals surface area contributed by atoms with Crippen molar-refractivity contribution in [2.75, 3.05) is 0 Å². The van der Waals surface area contributed by atoms with Crippen molar-refractivity contribution in [1.82, 2.24) is 0 Å². The van der Waals surface area contributed by atoms with Crippen molar-refractivity contribution in [2.24, 2.45) is 5.41 Å². The molecule has 0 bridgehead atoms. The lowest BCUT2D eigenvalue weighted by molar-refractivity contribution is -0.240. The Bertz CT molecular complexity index is 202. The molecule has 0 radical (unpaired) electrons. The number of rotatable bonds is 3. The Morgan fingerprint density at radius 3 is 1.92 bits per heavy atom. The molecule has 0 rings (SSSR count). The van der Waals surface area contributed by atoms with Crippen molar-refractivity contribution in [1.29, 1.82) is 0 Å². The number of aliphatic hydroxyl groups excluding tert-OH is 1. The number of hydrogen-bond donors (Lipinski definition) is 2. The number of alkyl halides is 3. The van der Waals surface area contributed by atoms with E-state index in [4.69, 9.17) is 10.2 Å². The number of hydrogen-bond acceptors (Lipinski definition) is 2. The van der Waals surface area contributed by atoms with E-state index in [1.807, 2.05) is 0 Å². The summed E-state index contributed by atoms with van der Waals surface area (Å²) in [4.78, 5) is 10.5. The zero-order valence-electron chi connectivity index (χ0n) is 7.22. The fraction of sp³-hybridized carbons (Fsp3) is 0.857. The van der Waals surface area contributed by atoms with Crippen LogP contribution in [0.1, 0.15) is 20.3 Å². The van der Waals surface area contributed by atoms with E-state index >= 15 is 0 Å². The average Bonchev–Trinajstić information content (AvgIpc) is 1.99. The molecular formula is C7H11F3O3. The third-order valence-electron chi connectivity index (χ3n) is 2.14. The Kier molecular flexibility index (Phi) is 3.32. The molecule has 0 saturated carbocycles. The molecule has 2 unspecified atom stereocenters. The lowest BCUT2D eigenvalue weighted by Gasteiger charge is -2.30. The highest BCUT2D eigenvalue weighted by molar-refractivity contribution is 5.75. The molecular weight excluding hydrogens is 189 g/mol. The van der Waals surface area contributed by atoms with Gasteiger partial charge in [0.1, 0.15) is 0 Å². The van der Waals surface area contributed by atoms with Gasteiger partial charge in [0.25, 0.3) is 0 Å². The van der Waals surface area contributed by atoms with E-state index in [1.165, 1.54) is 6.92 Å². The summed E-state index contributed by atoms with van der Waals surface area (Å²) in [6.45, 7) is 2.15. The van der Waals surface area contributed by atoms with Crippen molar-refractivity contribution in [3.05, 3.63) is 0 Å². The van der Waals surface area contributed by atoms with Crippen molar-refractivity contribution in [3.8, 4) is 0 Å². The van der Waals surface area contributed by atoms with E-state index < -0.39 is 23.7 Å². The van der Waals surface area contributed by atoms with E-state index in [1.54, 1.807) is 0 Å². The summed E-state index contributed by atoms with van der Waals surface area (Å²) in [6, 6.07) is 0. The van der Waals surface area contributed by atoms with Gasteiger partial charge in [-0.3, -0.25) is 4.79 Å². The van der Waals surface area contributed by atoms with Crippen molar-refractivity contribution in [2.45, 2.75) is 32.5 Å². The summed E-state index contributed by atoms with van der Waals surface area (Å²) < 4.78 is 35.9. The van der Waals surface area contributed by atoms with E-state index in [0.29, 0.717) is 0 Å². The second-order valence-corrected chi connectivity index (χ2v) is 3.02. The second kappa shape index (κ2) is 3.53. The van der Waals surface area contributed by atoms with Gasteiger partial charge in [0.05, 0.1) is 5.41 Å². The quantitative estimate of drug-likeness (QED) is 0.724. The molecule has 0 aliphatic rings. The van der Waals surface area contributed by atoms with E-state index in [-0.39, 0.29) is 6.42 Å². The van der Waals surface area contributed by atoms with Crippen LogP contribution in [0.2, 0.25) is 0 Å². The lowest BCUT2D eigenvalue weighted by Crippen LogP contribution is -2.48. The molecule has 0 aliphatic heterocycles. The van der Waals surface area contributed by atoms with Crippen molar-refractivity contribution < 1.29 is 28.2 Å². The molecule has 2 atom stereocenters. The van der Waals surface area contributed by atoms with Gasteiger partial charge in [0.2, 0.25) is 0 Å². The predicted octanol–water partition coefficient (Wildman–Crippen LogP) is 1.41. The average molecular weight is 200 g/mol. The molecule has 78 valence electrons. The number of carbonyl (C=O) groups is 1. The number of carboxylic acids is 1.